The van der Waals surface area contributed by atoms with Gasteiger partial charge in [-0.05, 0) is 0 Å². The third-order valence-corrected chi connectivity index (χ3v) is 3.36. The molecule has 2 bridgehead atoms. The predicted octanol–water partition coefficient (Wildman–Crippen LogP) is -3.95. The Balaban J connectivity index is 0.000000605. The summed E-state index contributed by atoms with van der Waals surface area (Å²) in [5, 5.41) is 9.16. The minimum absolute atomic E-state index is 0. The number of aliphatic hydroxyl groups is 1. The van der Waals surface area contributed by atoms with Gasteiger partial charge in [0.2, 0.25) is 0 Å². The SMILES string of the molecule is OCC12CC[NH+](CC1)CC2.[Cl-]. The number of quaternary nitrogens is 1. The van der Waals surface area contributed by atoms with Crippen LogP contribution in [-0.4, -0.2) is 31.3 Å². The van der Waals surface area contributed by atoms with Gasteiger partial charge in [-0.1, -0.05) is 0 Å². The van der Waals surface area contributed by atoms with Crippen molar-refractivity contribution in [3.8, 4) is 0 Å². The third kappa shape index (κ3) is 1.53. The van der Waals surface area contributed by atoms with E-state index in [4.69, 9.17) is 5.11 Å². The first-order valence-electron chi connectivity index (χ1n) is 4.29. The molecule has 0 amide bonds. The van der Waals surface area contributed by atoms with E-state index < -0.39 is 0 Å². The molecular formula is C8H16ClNO. The number of aliphatic hydroxyl groups excluding tert-OH is 1. The fourth-order valence-electron chi connectivity index (χ4n) is 2.31. The number of hydrogen-bond donors (Lipinski definition) is 2. The molecule has 0 radical (unpaired) electrons. The number of fused-ring (bicyclic) bond motifs is 3. The van der Waals surface area contributed by atoms with Gasteiger partial charge in [-0.2, -0.15) is 0 Å². The number of nitrogens with one attached hydrogen (secondary N) is 1. The van der Waals surface area contributed by atoms with E-state index in [1.54, 1.807) is 4.90 Å². The first kappa shape index (κ1) is 9.30. The van der Waals surface area contributed by atoms with Crippen molar-refractivity contribution in [3.05, 3.63) is 0 Å². The van der Waals surface area contributed by atoms with Crippen LogP contribution in [0.5, 0.6) is 0 Å². The van der Waals surface area contributed by atoms with Crippen LogP contribution in [0, 0.1) is 5.41 Å². The minimum Gasteiger partial charge on any atom is -1.00 e. The third-order valence-electron chi connectivity index (χ3n) is 3.36. The molecule has 0 aliphatic carbocycles. The summed E-state index contributed by atoms with van der Waals surface area (Å²) in [4.78, 5) is 1.76. The van der Waals surface area contributed by atoms with Crippen LogP contribution in [0.3, 0.4) is 0 Å². The van der Waals surface area contributed by atoms with Gasteiger partial charge in [0.15, 0.2) is 0 Å². The molecule has 3 aliphatic heterocycles. The topological polar surface area (TPSA) is 24.7 Å². The lowest BCUT2D eigenvalue weighted by molar-refractivity contribution is -0.919. The Hall–Kier alpha value is 0.210. The minimum atomic E-state index is 0. The smallest absolute Gasteiger partial charge is 0.0777 e. The zero-order chi connectivity index (χ0) is 7.03. The maximum absolute atomic E-state index is 9.16. The monoisotopic (exact) mass is 177 g/mol. The number of rotatable bonds is 1. The summed E-state index contributed by atoms with van der Waals surface area (Å²) in [7, 11) is 0. The summed E-state index contributed by atoms with van der Waals surface area (Å²) in [6.45, 7) is 4.35. The van der Waals surface area contributed by atoms with Gasteiger partial charge < -0.3 is 22.4 Å². The summed E-state index contributed by atoms with van der Waals surface area (Å²) in [6, 6.07) is 0. The van der Waals surface area contributed by atoms with Gasteiger partial charge >= 0.3 is 0 Å². The Morgan fingerprint density at radius 3 is 1.82 bits per heavy atom. The lowest BCUT2D eigenvalue weighted by Gasteiger charge is -2.44. The summed E-state index contributed by atoms with van der Waals surface area (Å²) < 4.78 is 0. The van der Waals surface area contributed by atoms with Crippen molar-refractivity contribution in [1.82, 2.24) is 0 Å². The number of piperidine rings is 3. The maximum Gasteiger partial charge on any atom is 0.0777 e. The van der Waals surface area contributed by atoms with E-state index in [-0.39, 0.29) is 12.4 Å². The second-order valence-corrected chi connectivity index (χ2v) is 3.91. The lowest BCUT2D eigenvalue weighted by Crippen LogP contribution is -3.15. The Morgan fingerprint density at radius 2 is 1.55 bits per heavy atom. The predicted molar refractivity (Wildman–Crippen MR) is 38.9 cm³/mol. The molecule has 3 fully saturated rings. The normalized spacial score (nSPS) is 41.7. The molecular weight excluding hydrogens is 162 g/mol. The first-order valence-corrected chi connectivity index (χ1v) is 4.29. The lowest BCUT2D eigenvalue weighted by atomic mass is 9.73. The van der Waals surface area contributed by atoms with Crippen molar-refractivity contribution >= 4 is 0 Å². The van der Waals surface area contributed by atoms with E-state index in [1.807, 2.05) is 0 Å². The van der Waals surface area contributed by atoms with E-state index >= 15 is 0 Å². The van der Waals surface area contributed by atoms with Gasteiger partial charge in [0.1, 0.15) is 0 Å². The highest BCUT2D eigenvalue weighted by molar-refractivity contribution is 4.83. The fraction of sp³-hybridized carbons (Fsp3) is 1.00. The quantitative estimate of drug-likeness (QED) is 0.420. The van der Waals surface area contributed by atoms with E-state index in [1.165, 1.54) is 38.9 Å². The van der Waals surface area contributed by atoms with Crippen molar-refractivity contribution < 1.29 is 22.4 Å². The zero-order valence-corrected chi connectivity index (χ0v) is 7.53. The van der Waals surface area contributed by atoms with Crippen LogP contribution >= 0.6 is 0 Å². The first-order chi connectivity index (χ1) is 4.85. The molecule has 3 heteroatoms. The molecule has 0 aromatic heterocycles. The van der Waals surface area contributed by atoms with Gasteiger partial charge in [0.25, 0.3) is 0 Å². The molecule has 3 aliphatic rings. The second-order valence-electron chi connectivity index (χ2n) is 3.91. The average molecular weight is 178 g/mol. The molecule has 2 N–H and O–H groups in total. The van der Waals surface area contributed by atoms with Crippen molar-refractivity contribution in [2.24, 2.45) is 5.41 Å². The molecule has 0 unspecified atom stereocenters. The standard InChI is InChI=1S/C8H15NO.ClH/c10-7-8-1-4-9(5-2-8)6-3-8;/h10H,1-7H2;1H. The molecule has 3 heterocycles. The maximum atomic E-state index is 9.16. The summed E-state index contributed by atoms with van der Waals surface area (Å²) in [5.74, 6) is 0. The molecule has 3 saturated heterocycles. The Kier molecular flexibility index (Phi) is 2.79. The Bertz CT molecular complexity index is 118. The molecule has 0 aromatic carbocycles. The van der Waals surface area contributed by atoms with Gasteiger partial charge in [0.05, 0.1) is 19.6 Å². The van der Waals surface area contributed by atoms with Crippen LogP contribution in [0.15, 0.2) is 0 Å². The van der Waals surface area contributed by atoms with Gasteiger partial charge in [-0.3, -0.25) is 0 Å². The number of halogens is 1. The largest absolute Gasteiger partial charge is 1.00 e. The van der Waals surface area contributed by atoms with Crippen LogP contribution < -0.4 is 17.3 Å². The molecule has 2 nitrogen and oxygen atoms in total. The van der Waals surface area contributed by atoms with E-state index in [0.717, 1.165) is 0 Å². The van der Waals surface area contributed by atoms with Crippen LogP contribution in [0.25, 0.3) is 0 Å². The summed E-state index contributed by atoms with van der Waals surface area (Å²) >= 11 is 0. The van der Waals surface area contributed by atoms with E-state index in [0.29, 0.717) is 12.0 Å². The van der Waals surface area contributed by atoms with E-state index in [2.05, 4.69) is 0 Å². The van der Waals surface area contributed by atoms with Gasteiger partial charge in [-0.25, -0.2) is 0 Å². The molecule has 0 saturated carbocycles. The highest BCUT2D eigenvalue weighted by Gasteiger charge is 2.41. The molecule has 66 valence electrons. The second kappa shape index (κ2) is 3.30. The average Bonchev–Trinajstić information content (AvgIpc) is 2.08. The molecule has 0 atom stereocenters. The van der Waals surface area contributed by atoms with Crippen LogP contribution in [0.4, 0.5) is 0 Å². The van der Waals surface area contributed by atoms with Crippen LogP contribution in [0.2, 0.25) is 0 Å². The number of hydrogen-bond acceptors (Lipinski definition) is 1. The van der Waals surface area contributed by atoms with Gasteiger partial charge in [0, 0.05) is 31.3 Å². The van der Waals surface area contributed by atoms with Crippen molar-refractivity contribution in [2.45, 2.75) is 19.3 Å². The summed E-state index contributed by atoms with van der Waals surface area (Å²) in [5.41, 5.74) is 0.363. The fourth-order valence-corrected chi connectivity index (χ4v) is 2.31. The molecule has 0 spiro atoms. The van der Waals surface area contributed by atoms with Crippen LogP contribution in [-0.2, 0) is 0 Å². The van der Waals surface area contributed by atoms with Crippen molar-refractivity contribution in [3.63, 3.8) is 0 Å². The van der Waals surface area contributed by atoms with Gasteiger partial charge in [-0.15, -0.1) is 0 Å². The summed E-state index contributed by atoms with van der Waals surface area (Å²) in [6.07, 6.45) is 3.79. The van der Waals surface area contributed by atoms with Crippen LogP contribution in [0.1, 0.15) is 19.3 Å². The molecule has 3 rings (SSSR count). The Labute approximate surface area is 74.0 Å². The molecule has 11 heavy (non-hydrogen) atoms. The van der Waals surface area contributed by atoms with Crippen molar-refractivity contribution in [1.29, 1.82) is 0 Å². The van der Waals surface area contributed by atoms with Crippen molar-refractivity contribution in [2.75, 3.05) is 26.2 Å². The Morgan fingerprint density at radius 1 is 1.09 bits per heavy atom. The van der Waals surface area contributed by atoms with E-state index in [9.17, 15) is 0 Å². The zero-order valence-electron chi connectivity index (χ0n) is 6.77. The highest BCUT2D eigenvalue weighted by atomic mass is 35.5. The highest BCUT2D eigenvalue weighted by Crippen LogP contribution is 2.32. The molecule has 0 aromatic rings.